The van der Waals surface area contributed by atoms with E-state index in [0.29, 0.717) is 34.7 Å². The first-order valence-electron chi connectivity index (χ1n) is 8.66. The van der Waals surface area contributed by atoms with Crippen molar-refractivity contribution in [3.63, 3.8) is 0 Å². The fourth-order valence-corrected chi connectivity index (χ4v) is 4.18. The Morgan fingerprint density at radius 2 is 2.04 bits per heavy atom. The van der Waals surface area contributed by atoms with E-state index in [1.807, 2.05) is 0 Å². The first-order valence-corrected chi connectivity index (χ1v) is 8.66. The van der Waals surface area contributed by atoms with E-state index in [4.69, 9.17) is 4.74 Å². The van der Waals surface area contributed by atoms with Gasteiger partial charge in [-0.3, -0.25) is 9.59 Å². The number of aryl methyl sites for hydroxylation is 1. The summed E-state index contributed by atoms with van der Waals surface area (Å²) in [5.74, 6) is -1.80. The fourth-order valence-electron chi connectivity index (χ4n) is 4.18. The average molecular weight is 396 g/mol. The fraction of sp³-hybridized carbons (Fsp3) is 0.368. The van der Waals surface area contributed by atoms with Gasteiger partial charge in [0.1, 0.15) is 5.75 Å². The molecule has 2 unspecified atom stereocenters. The van der Waals surface area contributed by atoms with Gasteiger partial charge < -0.3 is 14.2 Å². The molecule has 1 saturated heterocycles. The number of benzene rings is 1. The second-order valence-corrected chi connectivity index (χ2v) is 7.00. The number of likely N-dealkylation sites (tertiary alicyclic amines) is 1. The molecule has 0 saturated carbocycles. The predicted octanol–water partition coefficient (Wildman–Crippen LogP) is 3.67. The van der Waals surface area contributed by atoms with Crippen LogP contribution < -0.4 is 4.74 Å². The van der Waals surface area contributed by atoms with Crippen molar-refractivity contribution in [1.82, 2.24) is 9.47 Å². The van der Waals surface area contributed by atoms with Gasteiger partial charge in [-0.1, -0.05) is 12.1 Å². The van der Waals surface area contributed by atoms with Crippen LogP contribution in [0.5, 0.6) is 5.75 Å². The number of carbonyl (C=O) groups is 2. The third-order valence-electron chi connectivity index (χ3n) is 5.28. The lowest BCUT2D eigenvalue weighted by atomic mass is 9.84. The zero-order valence-corrected chi connectivity index (χ0v) is 14.8. The maximum atomic E-state index is 14.8. The number of amides is 1. The Balaban J connectivity index is 1.80. The molecule has 148 valence electrons. The monoisotopic (exact) mass is 396 g/mol. The number of hydrogen-bond acceptors (Lipinski definition) is 3. The van der Waals surface area contributed by atoms with Gasteiger partial charge in [-0.25, -0.2) is 4.39 Å². The number of fused-ring (bicyclic) bond motifs is 4. The lowest BCUT2D eigenvalue weighted by Gasteiger charge is -2.46. The smallest absolute Gasteiger partial charge is 0.471 e. The van der Waals surface area contributed by atoms with Gasteiger partial charge in [0.2, 0.25) is 0 Å². The van der Waals surface area contributed by atoms with Crippen LogP contribution in [0.25, 0.3) is 5.69 Å². The zero-order chi connectivity index (χ0) is 20.3. The number of hydrogen-bond donors (Lipinski definition) is 0. The standard InChI is InChI=1S/C19H16F4N2O3/c1-11-8-12(10-26)25-13-4-2-3-5-14(13)28-18(16(11)25)6-7-24(15(20)9-18)17(27)19(21,22)23/h2-5,8,10,15H,6-7,9H2,1H3. The van der Waals surface area contributed by atoms with Gasteiger partial charge in [0.15, 0.2) is 18.2 Å². The average Bonchev–Trinajstić information content (AvgIpc) is 2.98. The topological polar surface area (TPSA) is 51.5 Å². The van der Waals surface area contributed by atoms with Crippen LogP contribution in [0.4, 0.5) is 17.6 Å². The van der Waals surface area contributed by atoms with Gasteiger partial charge in [-0.15, -0.1) is 0 Å². The van der Waals surface area contributed by atoms with Crippen molar-refractivity contribution >= 4 is 12.2 Å². The summed E-state index contributed by atoms with van der Waals surface area (Å²) in [6.07, 6.45) is -7.15. The lowest BCUT2D eigenvalue weighted by Crippen LogP contribution is -2.56. The van der Waals surface area contributed by atoms with Gasteiger partial charge in [0.05, 0.1) is 17.1 Å². The summed E-state index contributed by atoms with van der Waals surface area (Å²) in [6, 6.07) is 8.51. The summed E-state index contributed by atoms with van der Waals surface area (Å²) in [7, 11) is 0. The number of para-hydroxylation sites is 2. The van der Waals surface area contributed by atoms with E-state index in [-0.39, 0.29) is 11.3 Å². The third kappa shape index (κ3) is 2.60. The van der Waals surface area contributed by atoms with Crippen molar-refractivity contribution in [2.45, 2.75) is 37.8 Å². The number of halogens is 4. The Morgan fingerprint density at radius 3 is 2.68 bits per heavy atom. The summed E-state index contributed by atoms with van der Waals surface area (Å²) >= 11 is 0. The molecule has 1 aromatic carbocycles. The Bertz CT molecular complexity index is 969. The minimum absolute atomic E-state index is 0.0350. The molecule has 4 rings (SSSR count). The van der Waals surface area contributed by atoms with Crippen LogP contribution in [0.2, 0.25) is 0 Å². The number of piperidine rings is 1. The molecule has 2 atom stereocenters. The number of aromatic nitrogens is 1. The molecular weight excluding hydrogens is 380 g/mol. The largest absolute Gasteiger partial charge is 0.479 e. The molecule has 1 amide bonds. The molecule has 1 spiro atoms. The second-order valence-electron chi connectivity index (χ2n) is 7.00. The van der Waals surface area contributed by atoms with E-state index in [2.05, 4.69) is 0 Å². The number of rotatable bonds is 1. The number of carbonyl (C=O) groups excluding carboxylic acids is 2. The van der Waals surface area contributed by atoms with Crippen LogP contribution in [-0.2, 0) is 10.4 Å². The van der Waals surface area contributed by atoms with Crippen molar-refractivity contribution in [3.8, 4) is 11.4 Å². The first-order chi connectivity index (χ1) is 13.2. The Morgan fingerprint density at radius 1 is 1.32 bits per heavy atom. The van der Waals surface area contributed by atoms with Gasteiger partial charge >= 0.3 is 12.1 Å². The molecule has 0 N–H and O–H groups in total. The van der Waals surface area contributed by atoms with Gasteiger partial charge in [-0.2, -0.15) is 13.2 Å². The van der Waals surface area contributed by atoms with Crippen molar-refractivity contribution in [3.05, 3.63) is 47.3 Å². The van der Waals surface area contributed by atoms with Crippen LogP contribution in [-0.4, -0.2) is 40.7 Å². The Labute approximate surface area is 157 Å². The molecule has 0 aliphatic carbocycles. The summed E-state index contributed by atoms with van der Waals surface area (Å²) in [6.45, 7) is 1.28. The number of ether oxygens (including phenoxy) is 1. The molecule has 2 aromatic rings. The maximum Gasteiger partial charge on any atom is 0.471 e. The van der Waals surface area contributed by atoms with Crippen LogP contribution >= 0.6 is 0 Å². The quantitative estimate of drug-likeness (QED) is 0.420. The normalized spacial score (nSPS) is 23.8. The molecule has 2 aliphatic rings. The van der Waals surface area contributed by atoms with E-state index in [1.54, 1.807) is 41.8 Å². The van der Waals surface area contributed by atoms with Crippen LogP contribution in [0, 0.1) is 6.92 Å². The van der Waals surface area contributed by atoms with E-state index in [0.717, 1.165) is 0 Å². The molecule has 0 radical (unpaired) electrons. The highest BCUT2D eigenvalue weighted by molar-refractivity contribution is 5.82. The SMILES string of the molecule is Cc1cc(C=O)n2c1C1(CCN(C(=O)C(F)(F)F)C(F)C1)Oc1ccccc1-2. The number of nitrogens with zero attached hydrogens (tertiary/aromatic N) is 2. The second kappa shape index (κ2) is 6.08. The highest BCUT2D eigenvalue weighted by Crippen LogP contribution is 2.48. The summed E-state index contributed by atoms with van der Waals surface area (Å²) in [5, 5.41) is 0. The van der Waals surface area contributed by atoms with E-state index in [9.17, 15) is 27.2 Å². The Kier molecular flexibility index (Phi) is 4.02. The van der Waals surface area contributed by atoms with Crippen molar-refractivity contribution in [2.75, 3.05) is 6.54 Å². The molecule has 28 heavy (non-hydrogen) atoms. The third-order valence-corrected chi connectivity index (χ3v) is 5.28. The van der Waals surface area contributed by atoms with E-state index in [1.165, 1.54) is 0 Å². The van der Waals surface area contributed by atoms with Crippen LogP contribution in [0.3, 0.4) is 0 Å². The molecule has 1 fully saturated rings. The van der Waals surface area contributed by atoms with E-state index < -0.39 is 36.9 Å². The minimum Gasteiger partial charge on any atom is -0.479 e. The first kappa shape index (κ1) is 18.5. The van der Waals surface area contributed by atoms with Crippen molar-refractivity contribution < 1.29 is 31.9 Å². The predicted molar refractivity (Wildman–Crippen MR) is 90.1 cm³/mol. The summed E-state index contributed by atoms with van der Waals surface area (Å²) < 4.78 is 60.8. The van der Waals surface area contributed by atoms with Gasteiger partial charge in [0.25, 0.3) is 0 Å². The molecule has 9 heteroatoms. The summed E-state index contributed by atoms with van der Waals surface area (Å²) in [4.78, 5) is 23.3. The molecule has 1 aromatic heterocycles. The Hall–Kier alpha value is -2.84. The van der Waals surface area contributed by atoms with Crippen LogP contribution in [0.15, 0.2) is 30.3 Å². The van der Waals surface area contributed by atoms with Crippen molar-refractivity contribution in [2.24, 2.45) is 0 Å². The lowest BCUT2D eigenvalue weighted by molar-refractivity contribution is -0.198. The molecule has 3 heterocycles. The highest BCUT2D eigenvalue weighted by Gasteiger charge is 2.53. The minimum atomic E-state index is -5.14. The molecule has 0 bridgehead atoms. The molecule has 5 nitrogen and oxygen atoms in total. The zero-order valence-electron chi connectivity index (χ0n) is 14.8. The molecule has 2 aliphatic heterocycles. The number of alkyl halides is 4. The van der Waals surface area contributed by atoms with Gasteiger partial charge in [0, 0.05) is 19.4 Å². The maximum absolute atomic E-state index is 14.8. The molecular formula is C19H16F4N2O3. The number of aldehydes is 1. The van der Waals surface area contributed by atoms with Crippen molar-refractivity contribution in [1.29, 1.82) is 0 Å². The summed E-state index contributed by atoms with van der Waals surface area (Å²) in [5.41, 5.74) is 0.852. The van der Waals surface area contributed by atoms with Gasteiger partial charge in [-0.05, 0) is 30.7 Å². The van der Waals surface area contributed by atoms with Crippen LogP contribution in [0.1, 0.15) is 34.6 Å². The highest BCUT2D eigenvalue weighted by atomic mass is 19.4. The van der Waals surface area contributed by atoms with E-state index >= 15 is 0 Å².